The number of methoxy groups -OCH3 is 1. The Balaban J connectivity index is 1.90. The molecule has 1 atom stereocenters. The Morgan fingerprint density at radius 2 is 1.77 bits per heavy atom. The molecule has 1 unspecified atom stereocenters. The van der Waals surface area contributed by atoms with Crippen LogP contribution in [-0.4, -0.2) is 23.4 Å². The molecule has 0 N–H and O–H groups in total. The Kier molecular flexibility index (Phi) is 6.88. The number of hydrogen-bond donors (Lipinski definition) is 0. The second kappa shape index (κ2) is 9.78. The summed E-state index contributed by atoms with van der Waals surface area (Å²) in [6.07, 6.45) is 4.73. The summed E-state index contributed by atoms with van der Waals surface area (Å²) in [7, 11) is 1.75. The topological polar surface area (TPSA) is 12.2 Å². The van der Waals surface area contributed by atoms with E-state index < -0.39 is 0 Å². The number of rotatable bonds is 7. The van der Waals surface area contributed by atoms with Gasteiger partial charge in [-0.15, -0.1) is 0 Å². The van der Waals surface area contributed by atoms with Gasteiger partial charge in [0.2, 0.25) is 5.71 Å². The minimum Gasteiger partial charge on any atom is -0.497 e. The Bertz CT molecular complexity index is 1020. The van der Waals surface area contributed by atoms with Gasteiger partial charge in [-0.3, -0.25) is 0 Å². The van der Waals surface area contributed by atoms with Gasteiger partial charge in [-0.1, -0.05) is 43.7 Å². The van der Waals surface area contributed by atoms with Crippen LogP contribution in [0.5, 0.6) is 5.75 Å². The van der Waals surface area contributed by atoms with Crippen LogP contribution < -0.4 is 4.74 Å². The van der Waals surface area contributed by atoms with Crippen molar-refractivity contribution in [2.45, 2.75) is 45.2 Å². The van der Waals surface area contributed by atoms with E-state index in [2.05, 4.69) is 107 Å². The number of benzene rings is 3. The molecule has 0 fully saturated rings. The third kappa shape index (κ3) is 4.61. The highest BCUT2D eigenvalue weighted by Gasteiger charge is 2.34. The molecule has 1 heterocycles. The summed E-state index contributed by atoms with van der Waals surface area (Å²) >= 11 is 2.38. The Labute approximate surface area is 193 Å². The van der Waals surface area contributed by atoms with E-state index in [-0.39, 0.29) is 0 Å². The summed E-state index contributed by atoms with van der Waals surface area (Å²) in [5, 5.41) is 0. The summed E-state index contributed by atoms with van der Waals surface area (Å²) in [5.41, 5.74) is 6.73. The van der Waals surface area contributed by atoms with E-state index in [1.54, 1.807) is 7.11 Å². The van der Waals surface area contributed by atoms with Crippen LogP contribution in [0.1, 0.15) is 48.4 Å². The van der Waals surface area contributed by atoms with E-state index in [0.717, 1.165) is 18.7 Å². The molecule has 0 bridgehead atoms. The molecule has 0 aliphatic carbocycles. The first kappa shape index (κ1) is 21.1. The molecule has 0 spiro atoms. The van der Waals surface area contributed by atoms with Crippen LogP contribution in [0.2, 0.25) is 0 Å². The van der Waals surface area contributed by atoms with Crippen LogP contribution >= 0.6 is 22.6 Å². The Hall–Kier alpha value is -2.14. The molecule has 3 heteroatoms. The van der Waals surface area contributed by atoms with E-state index in [4.69, 9.17) is 4.74 Å². The maximum Gasteiger partial charge on any atom is 0.215 e. The molecule has 1 aliphatic heterocycles. The highest BCUT2D eigenvalue weighted by molar-refractivity contribution is 14.1. The van der Waals surface area contributed by atoms with Crippen molar-refractivity contribution in [2.24, 2.45) is 0 Å². The van der Waals surface area contributed by atoms with Crippen molar-refractivity contribution in [3.05, 3.63) is 98.6 Å². The first-order chi connectivity index (χ1) is 14.7. The predicted molar refractivity (Wildman–Crippen MR) is 133 cm³/mol. The highest BCUT2D eigenvalue weighted by Crippen LogP contribution is 2.30. The smallest absolute Gasteiger partial charge is 0.215 e. The Morgan fingerprint density at radius 3 is 2.47 bits per heavy atom. The quantitative estimate of drug-likeness (QED) is 0.262. The van der Waals surface area contributed by atoms with Gasteiger partial charge in [0.05, 0.1) is 12.7 Å². The fourth-order valence-electron chi connectivity index (χ4n) is 4.41. The van der Waals surface area contributed by atoms with Crippen LogP contribution in [0.4, 0.5) is 0 Å². The van der Waals surface area contributed by atoms with Gasteiger partial charge < -0.3 is 4.74 Å². The van der Waals surface area contributed by atoms with Gasteiger partial charge in [0.1, 0.15) is 5.75 Å². The van der Waals surface area contributed by atoms with Crippen LogP contribution in [0.15, 0.2) is 72.8 Å². The second-order valence-electron chi connectivity index (χ2n) is 7.99. The van der Waals surface area contributed by atoms with Gasteiger partial charge >= 0.3 is 0 Å². The van der Waals surface area contributed by atoms with Gasteiger partial charge in [-0.2, -0.15) is 0 Å². The third-order valence-electron chi connectivity index (χ3n) is 5.96. The molecular formula is C27H29INO+. The summed E-state index contributed by atoms with van der Waals surface area (Å²) in [5.74, 6) is 0.946. The standard InChI is InChI=1S/C27H29INO/c1-3-4-10-24-17-22-18-25(30-2)15-16-26(22)27(21-11-13-23(28)14-12-21)29(24)19-20-8-6-5-7-9-20/h5-9,11-16,18,24H,3-4,10,17,19H2,1-2H3/q+1. The van der Waals surface area contributed by atoms with Crippen molar-refractivity contribution >= 4 is 28.3 Å². The van der Waals surface area contributed by atoms with Crippen LogP contribution in [-0.2, 0) is 13.0 Å². The third-order valence-corrected chi connectivity index (χ3v) is 6.67. The van der Waals surface area contributed by atoms with E-state index in [9.17, 15) is 0 Å². The molecule has 0 aromatic heterocycles. The first-order valence-electron chi connectivity index (χ1n) is 10.8. The van der Waals surface area contributed by atoms with E-state index in [0.29, 0.717) is 6.04 Å². The molecule has 4 rings (SSSR count). The highest BCUT2D eigenvalue weighted by atomic mass is 127. The second-order valence-corrected chi connectivity index (χ2v) is 9.24. The molecule has 30 heavy (non-hydrogen) atoms. The number of unbranched alkanes of at least 4 members (excludes halogenated alkanes) is 1. The monoisotopic (exact) mass is 510 g/mol. The zero-order chi connectivity index (χ0) is 20.9. The molecule has 0 saturated heterocycles. The van der Waals surface area contributed by atoms with Crippen LogP contribution in [0.25, 0.3) is 0 Å². The lowest BCUT2D eigenvalue weighted by atomic mass is 9.87. The SMILES string of the molecule is CCCCC1Cc2cc(OC)ccc2C(c2ccc(I)cc2)=[N+]1Cc1ccccc1. The predicted octanol–water partition coefficient (Wildman–Crippen LogP) is 6.46. The normalized spacial score (nSPS) is 15.8. The number of fused-ring (bicyclic) bond motifs is 1. The van der Waals surface area contributed by atoms with Crippen molar-refractivity contribution in [3.8, 4) is 5.75 Å². The number of hydrogen-bond acceptors (Lipinski definition) is 1. The molecule has 154 valence electrons. The zero-order valence-corrected chi connectivity index (χ0v) is 19.9. The molecule has 0 radical (unpaired) electrons. The summed E-state index contributed by atoms with van der Waals surface area (Å²) in [6, 6.07) is 26.9. The zero-order valence-electron chi connectivity index (χ0n) is 17.8. The van der Waals surface area contributed by atoms with Gasteiger partial charge in [0.25, 0.3) is 0 Å². The van der Waals surface area contributed by atoms with Gasteiger partial charge in [0.15, 0.2) is 12.6 Å². The van der Waals surface area contributed by atoms with Gasteiger partial charge in [-0.05, 0) is 77.0 Å². The molecule has 1 aliphatic rings. The summed E-state index contributed by atoms with van der Waals surface area (Å²) in [6.45, 7) is 3.22. The van der Waals surface area contributed by atoms with Gasteiger partial charge in [-0.25, -0.2) is 4.58 Å². The number of halogens is 1. The minimum atomic E-state index is 0.485. The molecule has 3 aromatic carbocycles. The lowest BCUT2D eigenvalue weighted by Crippen LogP contribution is -2.39. The van der Waals surface area contributed by atoms with Crippen molar-refractivity contribution in [2.75, 3.05) is 7.11 Å². The largest absolute Gasteiger partial charge is 0.497 e. The molecular weight excluding hydrogens is 481 g/mol. The van der Waals surface area contributed by atoms with Crippen molar-refractivity contribution < 1.29 is 9.31 Å². The fraction of sp³-hybridized carbons (Fsp3) is 0.296. The maximum atomic E-state index is 5.55. The fourth-order valence-corrected chi connectivity index (χ4v) is 4.77. The van der Waals surface area contributed by atoms with E-state index >= 15 is 0 Å². The summed E-state index contributed by atoms with van der Waals surface area (Å²) in [4.78, 5) is 0. The minimum absolute atomic E-state index is 0.485. The molecule has 0 saturated carbocycles. The van der Waals surface area contributed by atoms with Crippen LogP contribution in [0.3, 0.4) is 0 Å². The lowest BCUT2D eigenvalue weighted by Gasteiger charge is -2.26. The average Bonchev–Trinajstić information content (AvgIpc) is 2.78. The number of ether oxygens (including phenoxy) is 1. The number of nitrogens with zero attached hydrogens (tertiary/aromatic N) is 1. The molecule has 0 amide bonds. The average molecular weight is 510 g/mol. The van der Waals surface area contributed by atoms with Crippen molar-refractivity contribution in [3.63, 3.8) is 0 Å². The lowest BCUT2D eigenvalue weighted by molar-refractivity contribution is -0.583. The van der Waals surface area contributed by atoms with Crippen LogP contribution in [0, 0.1) is 3.57 Å². The Morgan fingerprint density at radius 1 is 1.00 bits per heavy atom. The molecule has 3 aromatic rings. The van der Waals surface area contributed by atoms with E-state index in [1.165, 1.54) is 50.8 Å². The van der Waals surface area contributed by atoms with Gasteiger partial charge in [0, 0.05) is 27.5 Å². The molecule has 2 nitrogen and oxygen atoms in total. The maximum absolute atomic E-state index is 5.55. The summed E-state index contributed by atoms with van der Waals surface area (Å²) < 4.78 is 9.47. The van der Waals surface area contributed by atoms with E-state index in [1.807, 2.05) is 0 Å². The van der Waals surface area contributed by atoms with Crippen molar-refractivity contribution in [1.82, 2.24) is 0 Å². The van der Waals surface area contributed by atoms with Crippen molar-refractivity contribution in [1.29, 1.82) is 0 Å². The first-order valence-corrected chi connectivity index (χ1v) is 11.9.